The first-order valence-corrected chi connectivity index (χ1v) is 9.03. The first-order valence-electron chi connectivity index (χ1n) is 7.81. The second-order valence-electron chi connectivity index (χ2n) is 5.62. The summed E-state index contributed by atoms with van der Waals surface area (Å²) in [6.45, 7) is 3.29. The third-order valence-electron chi connectivity index (χ3n) is 3.67. The molecule has 0 saturated heterocycles. The highest BCUT2D eigenvalue weighted by molar-refractivity contribution is 7.98. The van der Waals surface area contributed by atoms with Crippen molar-refractivity contribution in [3.05, 3.63) is 59.7 Å². The Hall–Kier alpha value is -1.78. The number of benzene rings is 2. The van der Waals surface area contributed by atoms with Gasteiger partial charge in [0.15, 0.2) is 0 Å². The van der Waals surface area contributed by atoms with Gasteiger partial charge in [0.1, 0.15) is 0 Å². The van der Waals surface area contributed by atoms with E-state index in [2.05, 4.69) is 36.5 Å². The summed E-state index contributed by atoms with van der Waals surface area (Å²) in [5.74, 6) is 0.00887. The van der Waals surface area contributed by atoms with Crippen molar-refractivity contribution in [1.82, 2.24) is 4.90 Å². The van der Waals surface area contributed by atoms with Crippen LogP contribution in [0.25, 0.3) is 0 Å². The molecule has 0 unspecified atom stereocenters. The number of likely N-dealkylation sites (N-methyl/N-ethyl adjacent to an activating group) is 1. The summed E-state index contributed by atoms with van der Waals surface area (Å²) in [7, 11) is 1.96. The molecule has 0 aromatic heterocycles. The average Bonchev–Trinajstić information content (AvgIpc) is 2.56. The first-order chi connectivity index (χ1) is 11.1. The maximum atomic E-state index is 12.1. The predicted octanol–water partition coefficient (Wildman–Crippen LogP) is 4.04. The molecule has 0 fully saturated rings. The van der Waals surface area contributed by atoms with Gasteiger partial charge in [-0.1, -0.05) is 31.2 Å². The molecule has 0 aliphatic carbocycles. The molecular formula is C19H24N2OS. The summed E-state index contributed by atoms with van der Waals surface area (Å²) in [5, 5.41) is 2.94. The van der Waals surface area contributed by atoms with Gasteiger partial charge in [0.25, 0.3) is 0 Å². The molecule has 23 heavy (non-hydrogen) atoms. The zero-order chi connectivity index (χ0) is 16.7. The van der Waals surface area contributed by atoms with Gasteiger partial charge in [-0.2, -0.15) is 0 Å². The minimum absolute atomic E-state index is 0.00887. The second-order valence-corrected chi connectivity index (χ2v) is 6.50. The second kappa shape index (κ2) is 8.75. The van der Waals surface area contributed by atoms with Crippen LogP contribution in [0.5, 0.6) is 0 Å². The molecule has 0 radical (unpaired) electrons. The topological polar surface area (TPSA) is 32.3 Å². The number of rotatable bonds is 7. The Morgan fingerprint density at radius 3 is 2.22 bits per heavy atom. The van der Waals surface area contributed by atoms with E-state index in [0.29, 0.717) is 6.54 Å². The van der Waals surface area contributed by atoms with Gasteiger partial charge < -0.3 is 5.32 Å². The first kappa shape index (κ1) is 17.6. The van der Waals surface area contributed by atoms with Gasteiger partial charge in [0.05, 0.1) is 6.54 Å². The number of aryl methyl sites for hydroxylation is 1. The molecule has 0 atom stereocenters. The lowest BCUT2D eigenvalue weighted by Crippen LogP contribution is -2.29. The number of nitrogens with zero attached hydrogens (tertiary/aromatic N) is 1. The number of carbonyl (C=O) groups excluding carboxylic acids is 1. The molecule has 3 nitrogen and oxygen atoms in total. The minimum atomic E-state index is 0.00887. The van der Waals surface area contributed by atoms with E-state index in [9.17, 15) is 4.79 Å². The van der Waals surface area contributed by atoms with Crippen molar-refractivity contribution in [3.63, 3.8) is 0 Å². The van der Waals surface area contributed by atoms with Crippen molar-refractivity contribution in [3.8, 4) is 0 Å². The monoisotopic (exact) mass is 328 g/mol. The van der Waals surface area contributed by atoms with Crippen molar-refractivity contribution < 1.29 is 4.79 Å². The Kier molecular flexibility index (Phi) is 6.68. The van der Waals surface area contributed by atoms with Crippen molar-refractivity contribution in [1.29, 1.82) is 0 Å². The van der Waals surface area contributed by atoms with Crippen LogP contribution in [0.3, 0.4) is 0 Å². The van der Waals surface area contributed by atoms with E-state index in [1.807, 2.05) is 42.5 Å². The maximum Gasteiger partial charge on any atom is 0.238 e. The Morgan fingerprint density at radius 2 is 1.65 bits per heavy atom. The molecule has 122 valence electrons. The van der Waals surface area contributed by atoms with Crippen LogP contribution in [0.15, 0.2) is 53.4 Å². The fraction of sp³-hybridized carbons (Fsp3) is 0.316. The number of amides is 1. The van der Waals surface area contributed by atoms with Gasteiger partial charge >= 0.3 is 0 Å². The van der Waals surface area contributed by atoms with Crippen molar-refractivity contribution in [2.24, 2.45) is 0 Å². The summed E-state index contributed by atoms with van der Waals surface area (Å²) < 4.78 is 0. The Labute approximate surface area is 143 Å². The lowest BCUT2D eigenvalue weighted by molar-refractivity contribution is -0.117. The summed E-state index contributed by atoms with van der Waals surface area (Å²) >= 11 is 1.69. The quantitative estimate of drug-likeness (QED) is 0.779. The van der Waals surface area contributed by atoms with Crippen LogP contribution >= 0.6 is 11.8 Å². The molecule has 2 rings (SSSR count). The molecule has 0 aliphatic rings. The van der Waals surface area contributed by atoms with E-state index < -0.39 is 0 Å². The van der Waals surface area contributed by atoms with Crippen molar-refractivity contribution >= 4 is 23.4 Å². The van der Waals surface area contributed by atoms with Crippen LogP contribution in [0.4, 0.5) is 5.69 Å². The largest absolute Gasteiger partial charge is 0.325 e. The molecular weight excluding hydrogens is 304 g/mol. The fourth-order valence-corrected chi connectivity index (χ4v) is 2.78. The molecule has 0 saturated carbocycles. The Bertz CT molecular complexity index is 623. The van der Waals surface area contributed by atoms with Crippen LogP contribution in [0.1, 0.15) is 18.1 Å². The molecule has 2 aromatic carbocycles. The van der Waals surface area contributed by atoms with Crippen LogP contribution in [-0.4, -0.2) is 30.7 Å². The van der Waals surface area contributed by atoms with E-state index in [0.717, 1.165) is 18.7 Å². The van der Waals surface area contributed by atoms with E-state index in [1.165, 1.54) is 16.0 Å². The number of hydrogen-bond acceptors (Lipinski definition) is 3. The van der Waals surface area contributed by atoms with Gasteiger partial charge in [0.2, 0.25) is 5.91 Å². The molecule has 0 bridgehead atoms. The molecule has 4 heteroatoms. The van der Waals surface area contributed by atoms with Gasteiger partial charge in [-0.05, 0) is 55.1 Å². The van der Waals surface area contributed by atoms with Gasteiger partial charge in [-0.3, -0.25) is 9.69 Å². The summed E-state index contributed by atoms with van der Waals surface area (Å²) in [4.78, 5) is 15.3. The number of nitrogens with one attached hydrogen (secondary N) is 1. The third-order valence-corrected chi connectivity index (χ3v) is 4.41. The molecule has 0 spiro atoms. The van der Waals surface area contributed by atoms with Crippen molar-refractivity contribution in [2.45, 2.75) is 24.8 Å². The normalized spacial score (nSPS) is 10.8. The van der Waals surface area contributed by atoms with Crippen LogP contribution in [0.2, 0.25) is 0 Å². The van der Waals surface area contributed by atoms with E-state index >= 15 is 0 Å². The fourth-order valence-electron chi connectivity index (χ4n) is 2.37. The lowest BCUT2D eigenvalue weighted by Gasteiger charge is -2.16. The number of carbonyl (C=O) groups is 1. The lowest BCUT2D eigenvalue weighted by atomic mass is 10.1. The highest BCUT2D eigenvalue weighted by Gasteiger charge is 2.07. The molecule has 0 heterocycles. The Balaban J connectivity index is 1.83. The molecule has 0 aliphatic heterocycles. The summed E-state index contributed by atoms with van der Waals surface area (Å²) in [6, 6.07) is 16.5. The van der Waals surface area contributed by atoms with Gasteiger partial charge in [-0.15, -0.1) is 11.8 Å². The van der Waals surface area contributed by atoms with Gasteiger partial charge in [-0.25, -0.2) is 0 Å². The molecule has 2 aromatic rings. The van der Waals surface area contributed by atoms with Crippen LogP contribution < -0.4 is 5.32 Å². The van der Waals surface area contributed by atoms with Crippen molar-refractivity contribution in [2.75, 3.05) is 25.2 Å². The minimum Gasteiger partial charge on any atom is -0.325 e. The number of thioether (sulfide) groups is 1. The summed E-state index contributed by atoms with van der Waals surface area (Å²) in [6.07, 6.45) is 3.09. The van der Waals surface area contributed by atoms with E-state index in [4.69, 9.17) is 0 Å². The zero-order valence-corrected chi connectivity index (χ0v) is 14.8. The highest BCUT2D eigenvalue weighted by Crippen LogP contribution is 2.17. The van der Waals surface area contributed by atoms with Crippen LogP contribution in [0, 0.1) is 0 Å². The number of hydrogen-bond donors (Lipinski definition) is 1. The molecule has 1 amide bonds. The average molecular weight is 328 g/mol. The van der Waals surface area contributed by atoms with E-state index in [-0.39, 0.29) is 5.91 Å². The predicted molar refractivity (Wildman–Crippen MR) is 99.0 cm³/mol. The smallest absolute Gasteiger partial charge is 0.238 e. The standard InChI is InChI=1S/C19H24N2OS/c1-4-15-5-7-16(8-6-15)13-21(2)14-19(22)20-17-9-11-18(23-3)12-10-17/h5-12H,4,13-14H2,1-3H3,(H,20,22). The van der Waals surface area contributed by atoms with Gasteiger partial charge in [0, 0.05) is 17.1 Å². The summed E-state index contributed by atoms with van der Waals surface area (Å²) in [5.41, 5.74) is 3.40. The number of anilines is 1. The van der Waals surface area contributed by atoms with Crippen LogP contribution in [-0.2, 0) is 17.8 Å². The highest BCUT2D eigenvalue weighted by atomic mass is 32.2. The maximum absolute atomic E-state index is 12.1. The molecule has 1 N–H and O–H groups in total. The Morgan fingerprint density at radius 1 is 1.04 bits per heavy atom. The zero-order valence-electron chi connectivity index (χ0n) is 14.0. The third kappa shape index (κ3) is 5.73. The van der Waals surface area contributed by atoms with E-state index in [1.54, 1.807) is 11.8 Å². The SMILES string of the molecule is CCc1ccc(CN(C)CC(=O)Nc2ccc(SC)cc2)cc1.